The molecule has 0 amide bonds. The molecule has 0 heterocycles. The first-order valence-electron chi connectivity index (χ1n) is 3.54. The third kappa shape index (κ3) is 79.2. The molecule has 84 valence electrons. The molecule has 0 aliphatic carbocycles. The maximum Gasteiger partial charge on any atom is 0.327 e. The standard InChI is InChI=1S/3C3H4O2/c2*1-2-3(4)5;4-2-1-3-5/h2*2H,1H2,(H,4,5);2-3H,1H2. The van der Waals surface area contributed by atoms with Gasteiger partial charge in [0.05, 0.1) is 6.42 Å². The molecule has 0 aliphatic rings. The van der Waals surface area contributed by atoms with Crippen LogP contribution in [0.1, 0.15) is 6.42 Å². The topological polar surface area (TPSA) is 109 Å². The van der Waals surface area contributed by atoms with Crippen molar-refractivity contribution in [3.05, 3.63) is 25.3 Å². The van der Waals surface area contributed by atoms with Gasteiger partial charge in [0, 0.05) is 12.2 Å². The lowest BCUT2D eigenvalue weighted by atomic mass is 10.6. The molecule has 15 heavy (non-hydrogen) atoms. The highest BCUT2D eigenvalue weighted by Crippen LogP contribution is 1.55. The van der Waals surface area contributed by atoms with Gasteiger partial charge >= 0.3 is 11.9 Å². The van der Waals surface area contributed by atoms with Crippen molar-refractivity contribution in [3.63, 3.8) is 0 Å². The van der Waals surface area contributed by atoms with Gasteiger partial charge in [-0.3, -0.25) is 0 Å². The first kappa shape index (κ1) is 18.5. The minimum atomic E-state index is -0.981. The zero-order valence-electron chi connectivity index (χ0n) is 7.96. The predicted molar refractivity (Wildman–Crippen MR) is 52.4 cm³/mol. The van der Waals surface area contributed by atoms with Gasteiger partial charge in [-0.25, -0.2) is 9.59 Å². The Labute approximate surface area is 86.5 Å². The van der Waals surface area contributed by atoms with Gasteiger partial charge in [-0.15, -0.1) is 0 Å². The van der Waals surface area contributed by atoms with Crippen LogP contribution in [-0.2, 0) is 19.2 Å². The van der Waals surface area contributed by atoms with Gasteiger partial charge in [-0.1, -0.05) is 13.2 Å². The fourth-order valence-electron chi connectivity index (χ4n) is 0.0393. The Morgan fingerprint density at radius 3 is 1.13 bits per heavy atom. The zero-order valence-corrected chi connectivity index (χ0v) is 7.96. The lowest BCUT2D eigenvalue weighted by molar-refractivity contribution is -0.132. The summed E-state index contributed by atoms with van der Waals surface area (Å²) in [4.78, 5) is 36.8. The highest BCUT2D eigenvalue weighted by Gasteiger charge is 1.73. The van der Waals surface area contributed by atoms with Crippen molar-refractivity contribution in [2.45, 2.75) is 6.42 Å². The monoisotopic (exact) mass is 216 g/mol. The summed E-state index contributed by atoms with van der Waals surface area (Å²) >= 11 is 0. The van der Waals surface area contributed by atoms with E-state index in [0.717, 1.165) is 12.2 Å². The minimum Gasteiger partial charge on any atom is -0.478 e. The van der Waals surface area contributed by atoms with Crippen LogP contribution in [0, 0.1) is 0 Å². The van der Waals surface area contributed by atoms with Crippen molar-refractivity contribution >= 4 is 24.5 Å². The molecule has 0 aromatic rings. The number of carbonyl (C=O) groups excluding carboxylic acids is 2. The highest BCUT2D eigenvalue weighted by molar-refractivity contribution is 5.79. The fraction of sp³-hybridized carbons (Fsp3) is 0.111. The van der Waals surface area contributed by atoms with Gasteiger partial charge in [0.2, 0.25) is 0 Å². The van der Waals surface area contributed by atoms with E-state index < -0.39 is 11.9 Å². The molecule has 0 atom stereocenters. The Hall–Kier alpha value is -2.24. The predicted octanol–water partition coefficient (Wildman–Crippen LogP) is 0.288. The largest absolute Gasteiger partial charge is 0.478 e. The number of carboxylic acids is 2. The molecular weight excluding hydrogens is 204 g/mol. The summed E-state index contributed by atoms with van der Waals surface area (Å²) < 4.78 is 0. The lowest BCUT2D eigenvalue weighted by Crippen LogP contribution is -1.82. The SMILES string of the molecule is C=CC(=O)O.C=CC(=O)O.O=CCC=O. The molecule has 0 fully saturated rings. The first-order chi connectivity index (χ1) is 6.95. The number of hydrogen-bond acceptors (Lipinski definition) is 4. The normalized spacial score (nSPS) is 6.40. The number of rotatable bonds is 4. The summed E-state index contributed by atoms with van der Waals surface area (Å²) in [5, 5.41) is 15.2. The van der Waals surface area contributed by atoms with Gasteiger partial charge in [0.25, 0.3) is 0 Å². The fourth-order valence-corrected chi connectivity index (χ4v) is 0.0393. The van der Waals surface area contributed by atoms with E-state index in [1.54, 1.807) is 0 Å². The smallest absolute Gasteiger partial charge is 0.327 e. The quantitative estimate of drug-likeness (QED) is 0.397. The maximum atomic E-state index is 9.25. The number of hydrogen-bond donors (Lipinski definition) is 2. The zero-order chi connectivity index (χ0) is 12.7. The van der Waals surface area contributed by atoms with E-state index in [-0.39, 0.29) is 6.42 Å². The van der Waals surface area contributed by atoms with Crippen LogP contribution in [0.25, 0.3) is 0 Å². The number of carboxylic acid groups (broad SMARTS) is 2. The van der Waals surface area contributed by atoms with Crippen molar-refractivity contribution in [1.82, 2.24) is 0 Å². The van der Waals surface area contributed by atoms with Gasteiger partial charge in [-0.05, 0) is 0 Å². The third-order valence-corrected chi connectivity index (χ3v) is 0.542. The van der Waals surface area contributed by atoms with Crippen LogP contribution in [-0.4, -0.2) is 34.7 Å². The van der Waals surface area contributed by atoms with E-state index in [1.165, 1.54) is 0 Å². The van der Waals surface area contributed by atoms with Gasteiger partial charge < -0.3 is 19.8 Å². The van der Waals surface area contributed by atoms with Crippen LogP contribution < -0.4 is 0 Å². The van der Waals surface area contributed by atoms with Gasteiger partial charge in [0.15, 0.2) is 0 Å². The Morgan fingerprint density at radius 2 is 1.13 bits per heavy atom. The summed E-state index contributed by atoms with van der Waals surface area (Å²) in [7, 11) is 0. The maximum absolute atomic E-state index is 9.25. The van der Waals surface area contributed by atoms with Crippen LogP contribution in [0.4, 0.5) is 0 Å². The van der Waals surface area contributed by atoms with E-state index in [9.17, 15) is 19.2 Å². The van der Waals surface area contributed by atoms with E-state index in [0.29, 0.717) is 12.6 Å². The van der Waals surface area contributed by atoms with E-state index in [2.05, 4.69) is 13.2 Å². The number of aldehydes is 2. The molecule has 0 spiro atoms. The second kappa shape index (κ2) is 17.7. The van der Waals surface area contributed by atoms with Crippen LogP contribution >= 0.6 is 0 Å². The lowest BCUT2D eigenvalue weighted by Gasteiger charge is -1.64. The molecule has 0 saturated carbocycles. The van der Waals surface area contributed by atoms with E-state index in [4.69, 9.17) is 10.2 Å². The van der Waals surface area contributed by atoms with Crippen molar-refractivity contribution in [2.24, 2.45) is 0 Å². The Morgan fingerprint density at radius 1 is 0.933 bits per heavy atom. The molecule has 6 nitrogen and oxygen atoms in total. The Kier molecular flexibility index (Phi) is 21.9. The minimum absolute atomic E-state index is 0.0278. The van der Waals surface area contributed by atoms with Gasteiger partial charge in [-0.2, -0.15) is 0 Å². The van der Waals surface area contributed by atoms with Crippen molar-refractivity contribution in [2.75, 3.05) is 0 Å². The second-order valence-electron chi connectivity index (χ2n) is 1.65. The van der Waals surface area contributed by atoms with E-state index >= 15 is 0 Å². The molecule has 0 saturated heterocycles. The summed E-state index contributed by atoms with van der Waals surface area (Å²) in [6.45, 7) is 5.92. The molecular formula is C9H12O6. The third-order valence-electron chi connectivity index (χ3n) is 0.542. The molecule has 0 aliphatic heterocycles. The molecule has 0 bridgehead atoms. The van der Waals surface area contributed by atoms with Crippen LogP contribution in [0.3, 0.4) is 0 Å². The van der Waals surface area contributed by atoms with Crippen molar-refractivity contribution < 1.29 is 29.4 Å². The summed E-state index contributed by atoms with van der Waals surface area (Å²) in [5.74, 6) is -1.96. The average Bonchev–Trinajstić information content (AvgIpc) is 2.20. The van der Waals surface area contributed by atoms with Crippen molar-refractivity contribution in [3.8, 4) is 0 Å². The second-order valence-corrected chi connectivity index (χ2v) is 1.65. The number of carbonyl (C=O) groups is 4. The molecule has 0 radical (unpaired) electrons. The summed E-state index contributed by atoms with van der Waals surface area (Å²) in [6, 6.07) is 0. The summed E-state index contributed by atoms with van der Waals surface area (Å²) in [5.41, 5.74) is 0. The number of aliphatic carboxylic acids is 2. The Balaban J connectivity index is -0.000000144. The molecule has 0 unspecified atom stereocenters. The summed E-state index contributed by atoms with van der Waals surface area (Å²) in [6.07, 6.45) is 2.82. The average molecular weight is 216 g/mol. The first-order valence-corrected chi connectivity index (χ1v) is 3.54. The molecule has 2 N–H and O–H groups in total. The van der Waals surface area contributed by atoms with Crippen molar-refractivity contribution in [1.29, 1.82) is 0 Å². The molecule has 6 heteroatoms. The molecule has 0 aromatic heterocycles. The van der Waals surface area contributed by atoms with Crippen LogP contribution in [0.5, 0.6) is 0 Å². The van der Waals surface area contributed by atoms with Crippen LogP contribution in [0.15, 0.2) is 25.3 Å². The molecule has 0 aromatic carbocycles. The van der Waals surface area contributed by atoms with Crippen LogP contribution in [0.2, 0.25) is 0 Å². The van der Waals surface area contributed by atoms with Gasteiger partial charge in [0.1, 0.15) is 12.6 Å². The highest BCUT2D eigenvalue weighted by atomic mass is 16.4. The van der Waals surface area contributed by atoms with E-state index in [1.807, 2.05) is 0 Å². The Bertz CT molecular complexity index is 207. The molecule has 0 rings (SSSR count).